The molecule has 0 spiro atoms. The molecule has 4 aromatic rings. The van der Waals surface area contributed by atoms with E-state index >= 15 is 0 Å². The highest BCUT2D eigenvalue weighted by Gasteiger charge is 2.40. The number of aryl methyl sites for hydroxylation is 1. The minimum absolute atomic E-state index is 0.120. The fourth-order valence-electron chi connectivity index (χ4n) is 6.00. The van der Waals surface area contributed by atoms with Gasteiger partial charge in [-0.2, -0.15) is 0 Å². The Morgan fingerprint density at radius 1 is 0.771 bits per heavy atom. The van der Waals surface area contributed by atoms with Crippen LogP contribution in [0.5, 0.6) is 0 Å². The summed E-state index contributed by atoms with van der Waals surface area (Å²) in [6.07, 6.45) is 13.3. The molecule has 3 aromatic carbocycles. The van der Waals surface area contributed by atoms with Crippen LogP contribution >= 0.6 is 0 Å². The quantitative estimate of drug-likeness (QED) is 0.275. The summed E-state index contributed by atoms with van der Waals surface area (Å²) in [5.74, 6) is 0. The molecule has 0 atom stereocenters. The second-order valence-electron chi connectivity index (χ2n) is 9.78. The van der Waals surface area contributed by atoms with E-state index in [4.69, 9.17) is 4.98 Å². The largest absolute Gasteiger partial charge is 0.248 e. The molecule has 2 aliphatic carbocycles. The van der Waals surface area contributed by atoms with E-state index in [1.807, 2.05) is 0 Å². The molecule has 172 valence electrons. The first-order valence-corrected chi connectivity index (χ1v) is 12.9. The van der Waals surface area contributed by atoms with Gasteiger partial charge in [0.1, 0.15) is 0 Å². The predicted octanol–water partition coefficient (Wildman–Crippen LogP) is 8.96. The van der Waals surface area contributed by atoms with E-state index < -0.39 is 0 Å². The zero-order valence-electron chi connectivity index (χ0n) is 20.6. The lowest BCUT2D eigenvalue weighted by molar-refractivity contribution is 0.490. The molecule has 35 heavy (non-hydrogen) atoms. The van der Waals surface area contributed by atoms with Crippen LogP contribution in [0.2, 0.25) is 0 Å². The molecule has 6 rings (SSSR count). The molecule has 0 aliphatic heterocycles. The topological polar surface area (TPSA) is 12.9 Å². The molecule has 0 amide bonds. The van der Waals surface area contributed by atoms with Crippen LogP contribution in [-0.2, 0) is 11.8 Å². The maximum absolute atomic E-state index is 4.88. The van der Waals surface area contributed by atoms with Gasteiger partial charge in [-0.1, -0.05) is 105 Å². The highest BCUT2D eigenvalue weighted by atomic mass is 14.7. The lowest BCUT2D eigenvalue weighted by atomic mass is 9.73. The summed E-state index contributed by atoms with van der Waals surface area (Å²) in [4.78, 5) is 4.88. The van der Waals surface area contributed by atoms with Gasteiger partial charge in [0.05, 0.1) is 11.4 Å². The van der Waals surface area contributed by atoms with E-state index in [2.05, 4.69) is 117 Å². The third-order valence-corrected chi connectivity index (χ3v) is 8.04. The Labute approximate surface area is 208 Å². The molecule has 2 aliphatic rings. The Morgan fingerprint density at radius 3 is 2.34 bits per heavy atom. The summed E-state index contributed by atoms with van der Waals surface area (Å²) in [5.41, 5.74) is 13.0. The van der Waals surface area contributed by atoms with Gasteiger partial charge in [-0.3, -0.25) is 0 Å². The number of nitrogens with zero attached hydrogens (tertiary/aromatic N) is 1. The van der Waals surface area contributed by atoms with Crippen molar-refractivity contribution >= 4 is 18.2 Å². The van der Waals surface area contributed by atoms with E-state index in [0.29, 0.717) is 0 Å². The van der Waals surface area contributed by atoms with E-state index in [1.54, 1.807) is 0 Å². The van der Waals surface area contributed by atoms with Crippen molar-refractivity contribution < 1.29 is 0 Å². The number of rotatable bonds is 5. The maximum Gasteiger partial charge on any atom is 0.0709 e. The summed E-state index contributed by atoms with van der Waals surface area (Å²) in [6, 6.07) is 29.1. The van der Waals surface area contributed by atoms with Crippen LogP contribution in [0, 0.1) is 0 Å². The second-order valence-corrected chi connectivity index (χ2v) is 9.78. The molecule has 1 nitrogen and oxygen atoms in total. The van der Waals surface area contributed by atoms with Crippen molar-refractivity contribution in [2.24, 2.45) is 0 Å². The first kappa shape index (κ1) is 21.8. The number of fused-ring (bicyclic) bond motifs is 4. The molecule has 1 aromatic heterocycles. The van der Waals surface area contributed by atoms with Gasteiger partial charge in [0.2, 0.25) is 0 Å². The highest BCUT2D eigenvalue weighted by molar-refractivity contribution is 5.83. The first-order chi connectivity index (χ1) is 17.2. The van der Waals surface area contributed by atoms with Crippen molar-refractivity contribution in [1.82, 2.24) is 4.98 Å². The van der Waals surface area contributed by atoms with Gasteiger partial charge in [0, 0.05) is 11.0 Å². The SMILES string of the molecule is CCC1(CC)c2ccccc2-c2ccc(C=Cc3ccc(-c4ccc5c(n4)C=CCC5)cc3)cc21. The van der Waals surface area contributed by atoms with Gasteiger partial charge in [0.25, 0.3) is 0 Å². The minimum Gasteiger partial charge on any atom is -0.248 e. The highest BCUT2D eigenvalue weighted by Crippen LogP contribution is 2.52. The number of pyridine rings is 1. The summed E-state index contributed by atoms with van der Waals surface area (Å²) in [6.45, 7) is 4.65. The van der Waals surface area contributed by atoms with Gasteiger partial charge in [0.15, 0.2) is 0 Å². The first-order valence-electron chi connectivity index (χ1n) is 12.9. The fourth-order valence-corrected chi connectivity index (χ4v) is 6.00. The van der Waals surface area contributed by atoms with Crippen molar-refractivity contribution in [2.75, 3.05) is 0 Å². The monoisotopic (exact) mass is 453 g/mol. The van der Waals surface area contributed by atoms with Crippen molar-refractivity contribution in [1.29, 1.82) is 0 Å². The molecular formula is C34H31N. The van der Waals surface area contributed by atoms with Crippen LogP contribution in [0.15, 0.2) is 84.9 Å². The average Bonchev–Trinajstić information content (AvgIpc) is 3.21. The Balaban J connectivity index is 1.27. The van der Waals surface area contributed by atoms with E-state index in [-0.39, 0.29) is 5.41 Å². The molecule has 0 radical (unpaired) electrons. The molecule has 0 bridgehead atoms. The molecular weight excluding hydrogens is 422 g/mol. The molecule has 0 N–H and O–H groups in total. The summed E-state index contributed by atoms with van der Waals surface area (Å²) in [7, 11) is 0. The number of hydrogen-bond acceptors (Lipinski definition) is 1. The molecule has 0 saturated heterocycles. The van der Waals surface area contributed by atoms with Crippen LogP contribution in [0.3, 0.4) is 0 Å². The van der Waals surface area contributed by atoms with Crippen molar-refractivity contribution in [3.63, 3.8) is 0 Å². The lowest BCUT2D eigenvalue weighted by Gasteiger charge is -2.29. The third-order valence-electron chi connectivity index (χ3n) is 8.04. The van der Waals surface area contributed by atoms with Crippen LogP contribution in [0.4, 0.5) is 0 Å². The summed E-state index contributed by atoms with van der Waals surface area (Å²) < 4.78 is 0. The Kier molecular flexibility index (Phi) is 5.49. The molecule has 0 unspecified atom stereocenters. The van der Waals surface area contributed by atoms with Gasteiger partial charge >= 0.3 is 0 Å². The zero-order valence-corrected chi connectivity index (χ0v) is 20.6. The molecule has 1 heterocycles. The Hall–Kier alpha value is -3.71. The van der Waals surface area contributed by atoms with E-state index in [1.165, 1.54) is 38.9 Å². The fraction of sp³-hybridized carbons (Fsp3) is 0.206. The van der Waals surface area contributed by atoms with E-state index in [0.717, 1.165) is 42.6 Å². The maximum atomic E-state index is 4.88. The summed E-state index contributed by atoms with van der Waals surface area (Å²) >= 11 is 0. The van der Waals surface area contributed by atoms with Gasteiger partial charge in [-0.25, -0.2) is 4.98 Å². The van der Waals surface area contributed by atoms with Crippen LogP contribution < -0.4 is 0 Å². The molecule has 0 fully saturated rings. The van der Waals surface area contributed by atoms with Gasteiger partial charge < -0.3 is 0 Å². The normalized spacial score (nSPS) is 15.1. The Morgan fingerprint density at radius 2 is 1.51 bits per heavy atom. The number of allylic oxidation sites excluding steroid dienone is 1. The van der Waals surface area contributed by atoms with Crippen molar-refractivity contribution in [3.8, 4) is 22.4 Å². The number of hydrogen-bond donors (Lipinski definition) is 0. The van der Waals surface area contributed by atoms with Crippen LogP contribution in [-0.4, -0.2) is 4.98 Å². The van der Waals surface area contributed by atoms with Crippen LogP contribution in [0.25, 0.3) is 40.6 Å². The summed E-state index contributed by atoms with van der Waals surface area (Å²) in [5, 5.41) is 0. The second kappa shape index (κ2) is 8.82. The van der Waals surface area contributed by atoms with Crippen LogP contribution in [0.1, 0.15) is 66.6 Å². The van der Waals surface area contributed by atoms with Crippen molar-refractivity contribution in [3.05, 3.63) is 118 Å². The standard InChI is InChI=1S/C34H31N/c1-3-34(4-2)30-11-7-6-10-28(30)29-21-17-25(23-31(29)34)14-13-24-15-18-27(19-16-24)33-22-20-26-9-5-8-12-32(26)35-33/h6-8,10-23H,3-5,9H2,1-2H3. The minimum atomic E-state index is 0.120. The molecule has 0 saturated carbocycles. The predicted molar refractivity (Wildman–Crippen MR) is 149 cm³/mol. The van der Waals surface area contributed by atoms with Crippen molar-refractivity contribution in [2.45, 2.75) is 44.9 Å². The number of aromatic nitrogens is 1. The van der Waals surface area contributed by atoms with E-state index in [9.17, 15) is 0 Å². The third kappa shape index (κ3) is 3.67. The Bertz CT molecular complexity index is 1450. The lowest BCUT2D eigenvalue weighted by Crippen LogP contribution is -2.23. The molecule has 1 heteroatoms. The number of benzene rings is 3. The zero-order chi connectivity index (χ0) is 23.8. The van der Waals surface area contributed by atoms with Gasteiger partial charge in [-0.05, 0) is 76.8 Å². The van der Waals surface area contributed by atoms with Gasteiger partial charge in [-0.15, -0.1) is 0 Å². The average molecular weight is 454 g/mol. The smallest absolute Gasteiger partial charge is 0.0709 e.